The molecule has 15 heteroatoms. The molecule has 0 atom stereocenters. The van der Waals surface area contributed by atoms with E-state index in [0.717, 1.165) is 0 Å². The molecule has 0 aromatic heterocycles. The zero-order valence-corrected chi connectivity index (χ0v) is 29.5. The van der Waals surface area contributed by atoms with Crippen LogP contribution in [0.2, 0.25) is 50.4 Å². The quantitative estimate of drug-likeness (QED) is 0.134. The summed E-state index contributed by atoms with van der Waals surface area (Å²) in [6, 6.07) is 17.6. The van der Waals surface area contributed by atoms with Gasteiger partial charge in [0.1, 0.15) is 0 Å². The van der Waals surface area contributed by atoms with E-state index in [1.165, 1.54) is 0 Å². The van der Waals surface area contributed by atoms with Crippen molar-refractivity contribution < 1.29 is 38.7 Å². The predicted octanol–water partition coefficient (Wildman–Crippen LogP) is 6.75. The lowest BCUT2D eigenvalue weighted by Gasteiger charge is -2.47. The van der Waals surface area contributed by atoms with Crippen LogP contribution in [0.3, 0.4) is 0 Å². The van der Waals surface area contributed by atoms with Crippen LogP contribution < -0.4 is 21.8 Å². The van der Waals surface area contributed by atoms with Crippen LogP contribution in [0.4, 0.5) is 26.3 Å². The Hall–Kier alpha value is -1.31. The van der Waals surface area contributed by atoms with Crippen LogP contribution in [-0.4, -0.2) is 59.2 Å². The number of nitrogens with two attached hydrogens (primary N) is 2. The molecule has 0 unspecified atom stereocenters. The van der Waals surface area contributed by atoms with Crippen molar-refractivity contribution in [3.63, 3.8) is 0 Å². The third-order valence-electron chi connectivity index (χ3n) is 7.06. The summed E-state index contributed by atoms with van der Waals surface area (Å²) in [5.74, 6) is 0. The lowest BCUT2D eigenvalue weighted by molar-refractivity contribution is -0.133. The highest BCUT2D eigenvalue weighted by atomic mass is 28.5. The van der Waals surface area contributed by atoms with Crippen molar-refractivity contribution in [3.8, 4) is 0 Å². The molecular formula is C28H46F6N2O3Si4. The summed E-state index contributed by atoms with van der Waals surface area (Å²) in [6.07, 6.45) is -10.7. The van der Waals surface area contributed by atoms with Gasteiger partial charge in [-0.1, -0.05) is 60.7 Å². The number of halogens is 6. The molecular weight excluding hydrogens is 639 g/mol. The molecule has 5 nitrogen and oxygen atoms in total. The minimum absolute atomic E-state index is 0.330. The Balaban J connectivity index is 2.90. The van der Waals surface area contributed by atoms with Gasteiger partial charge in [-0.05, 0) is 86.7 Å². The Kier molecular flexibility index (Phi) is 13.9. The molecule has 0 spiro atoms. The first-order valence-electron chi connectivity index (χ1n) is 14.6. The van der Waals surface area contributed by atoms with Crippen molar-refractivity contribution in [1.29, 1.82) is 0 Å². The zero-order valence-electron chi connectivity index (χ0n) is 25.5. The Bertz CT molecular complexity index is 1040. The minimum Gasteiger partial charge on any atom is -0.436 e. The van der Waals surface area contributed by atoms with E-state index in [1.54, 1.807) is 60.7 Å². The fraction of sp³-hybridized carbons (Fsp3) is 0.571. The first-order chi connectivity index (χ1) is 19.9. The average Bonchev–Trinajstić information content (AvgIpc) is 2.92. The summed E-state index contributed by atoms with van der Waals surface area (Å²) in [5.41, 5.74) is 11.5. The van der Waals surface area contributed by atoms with E-state index in [1.807, 2.05) is 26.2 Å². The van der Waals surface area contributed by atoms with Crippen molar-refractivity contribution in [2.24, 2.45) is 11.5 Å². The smallest absolute Gasteiger partial charge is 0.389 e. The Labute approximate surface area is 256 Å². The molecule has 0 radical (unpaired) electrons. The van der Waals surface area contributed by atoms with Crippen molar-refractivity contribution in [2.45, 2.75) is 88.4 Å². The fourth-order valence-corrected chi connectivity index (χ4v) is 25.0. The molecule has 0 amide bonds. The van der Waals surface area contributed by atoms with Crippen molar-refractivity contribution in [1.82, 2.24) is 0 Å². The van der Waals surface area contributed by atoms with Crippen LogP contribution in [0.25, 0.3) is 0 Å². The zero-order chi connectivity index (χ0) is 32.4. The highest BCUT2D eigenvalue weighted by Crippen LogP contribution is 2.39. The summed E-state index contributed by atoms with van der Waals surface area (Å²) in [7, 11) is -13.8. The molecule has 0 bridgehead atoms. The molecule has 0 heterocycles. The van der Waals surface area contributed by atoms with Gasteiger partial charge in [0, 0.05) is 12.8 Å². The molecule has 0 aliphatic carbocycles. The maximum atomic E-state index is 13.8. The van der Waals surface area contributed by atoms with Gasteiger partial charge in [-0.25, -0.2) is 0 Å². The number of alkyl halides is 6. The van der Waals surface area contributed by atoms with Gasteiger partial charge in [0.25, 0.3) is 0 Å². The third kappa shape index (κ3) is 12.9. The van der Waals surface area contributed by atoms with E-state index in [2.05, 4.69) is 0 Å². The van der Waals surface area contributed by atoms with Gasteiger partial charge in [0.05, 0.1) is 0 Å². The van der Waals surface area contributed by atoms with Gasteiger partial charge in [-0.2, -0.15) is 26.3 Å². The minimum atomic E-state index is -4.62. The van der Waals surface area contributed by atoms with Crippen molar-refractivity contribution in [3.05, 3.63) is 60.7 Å². The second-order valence-electron chi connectivity index (χ2n) is 12.1. The Morgan fingerprint density at radius 1 is 0.558 bits per heavy atom. The summed E-state index contributed by atoms with van der Waals surface area (Å²) >= 11 is 0. The lowest BCUT2D eigenvalue weighted by Crippen LogP contribution is -2.72. The molecule has 2 aromatic carbocycles. The molecule has 0 aliphatic heterocycles. The number of rotatable bonds is 18. The lowest BCUT2D eigenvalue weighted by atomic mass is 10.4. The normalized spacial score (nSPS) is 13.9. The average molecular weight is 685 g/mol. The molecule has 4 N–H and O–H groups in total. The number of hydrogen-bond acceptors (Lipinski definition) is 5. The van der Waals surface area contributed by atoms with Gasteiger partial charge in [0.2, 0.25) is 0 Å². The van der Waals surface area contributed by atoms with Crippen molar-refractivity contribution >= 4 is 44.1 Å². The van der Waals surface area contributed by atoms with Crippen LogP contribution in [0.5, 0.6) is 0 Å². The summed E-state index contributed by atoms with van der Waals surface area (Å²) < 4.78 is 104. The largest absolute Gasteiger partial charge is 0.436 e. The first-order valence-corrected chi connectivity index (χ1v) is 24.9. The van der Waals surface area contributed by atoms with Gasteiger partial charge in [-0.15, -0.1) is 0 Å². The monoisotopic (exact) mass is 684 g/mol. The molecule has 43 heavy (non-hydrogen) atoms. The van der Waals surface area contributed by atoms with Gasteiger partial charge in [0.15, 0.2) is 16.6 Å². The van der Waals surface area contributed by atoms with Crippen LogP contribution >= 0.6 is 0 Å². The van der Waals surface area contributed by atoms with Crippen LogP contribution in [0.1, 0.15) is 25.7 Å². The molecule has 0 aliphatic rings. The predicted molar refractivity (Wildman–Crippen MR) is 170 cm³/mol. The maximum absolute atomic E-state index is 13.8. The van der Waals surface area contributed by atoms with Gasteiger partial charge < -0.3 is 23.8 Å². The molecule has 2 aromatic rings. The van der Waals surface area contributed by atoms with Crippen molar-refractivity contribution in [2.75, 3.05) is 13.1 Å². The van der Waals surface area contributed by atoms with E-state index in [0.29, 0.717) is 48.4 Å². The molecule has 2 rings (SSSR count). The summed E-state index contributed by atoms with van der Waals surface area (Å²) in [5, 5.41) is 1.21. The molecule has 0 fully saturated rings. The van der Waals surface area contributed by atoms with Crippen LogP contribution in [0, 0.1) is 0 Å². The van der Waals surface area contributed by atoms with E-state index in [-0.39, 0.29) is 0 Å². The number of benzene rings is 2. The van der Waals surface area contributed by atoms with E-state index >= 15 is 0 Å². The topological polar surface area (TPSA) is 79.7 Å². The van der Waals surface area contributed by atoms with Gasteiger partial charge in [-0.3, -0.25) is 0 Å². The standard InChI is InChI=1S/C28H46F6N2O3Si4/c1-40(2,21-11-19-35)37-42(23-17-27(29,30)31,24-18-28(32,33)34)39-43(25-13-7-5-8-14-25,26-15-9-6-10-16-26)38-41(3,4)22-12-20-36/h5-10,13-16H,11-12,17-24,35-36H2,1-4H3. The molecule has 0 saturated carbocycles. The molecule has 244 valence electrons. The number of hydrogen-bond donors (Lipinski definition) is 2. The SMILES string of the molecule is C[Si](C)(CCCN)O[Si](CCC(F)(F)F)(CCC(F)(F)F)O[Si](O[Si](C)(C)CCCN)(c1ccccc1)c1ccccc1. The maximum Gasteiger partial charge on any atom is 0.389 e. The first kappa shape index (κ1) is 37.9. The fourth-order valence-electron chi connectivity index (χ4n) is 5.06. The highest BCUT2D eigenvalue weighted by Gasteiger charge is 2.57. The summed E-state index contributed by atoms with van der Waals surface area (Å²) in [4.78, 5) is 0. The van der Waals surface area contributed by atoms with E-state index in [4.69, 9.17) is 23.8 Å². The second-order valence-corrected chi connectivity index (χ2v) is 27.8. The van der Waals surface area contributed by atoms with Crippen LogP contribution in [-0.2, 0) is 12.3 Å². The van der Waals surface area contributed by atoms with E-state index < -0.39 is 71.0 Å². The Morgan fingerprint density at radius 3 is 1.28 bits per heavy atom. The third-order valence-corrected chi connectivity index (χ3v) is 24.1. The van der Waals surface area contributed by atoms with Gasteiger partial charge >= 0.3 is 29.5 Å². The van der Waals surface area contributed by atoms with Crippen LogP contribution in [0.15, 0.2) is 60.7 Å². The second kappa shape index (κ2) is 15.8. The summed E-state index contributed by atoms with van der Waals surface area (Å²) in [6.45, 7) is 8.33. The highest BCUT2D eigenvalue weighted by molar-refractivity contribution is 7.02. The Morgan fingerprint density at radius 2 is 0.930 bits per heavy atom. The van der Waals surface area contributed by atoms with E-state index in [9.17, 15) is 26.3 Å². The molecule has 0 saturated heterocycles.